The van der Waals surface area contributed by atoms with Gasteiger partial charge in [0.2, 0.25) is 5.95 Å². The van der Waals surface area contributed by atoms with Crippen LogP contribution in [0.4, 0.5) is 5.95 Å². The number of nitrogens with two attached hydrogens (primary N) is 1. The summed E-state index contributed by atoms with van der Waals surface area (Å²) in [7, 11) is 1.59. The topological polar surface area (TPSA) is 60.9 Å². The van der Waals surface area contributed by atoms with Gasteiger partial charge < -0.3 is 5.73 Å². The highest BCUT2D eigenvalue weighted by molar-refractivity contribution is 5.85. The van der Waals surface area contributed by atoms with E-state index in [-0.39, 0.29) is 23.9 Å². The minimum atomic E-state index is -0.120. The van der Waals surface area contributed by atoms with Crippen LogP contribution in [0.1, 0.15) is 5.69 Å². The van der Waals surface area contributed by atoms with Gasteiger partial charge in [-0.25, -0.2) is 4.98 Å². The molecular weight excluding hydrogens is 166 g/mol. The van der Waals surface area contributed by atoms with Crippen LogP contribution in [0, 0.1) is 6.92 Å². The third kappa shape index (κ3) is 1.94. The molecule has 0 aliphatic rings. The molecule has 0 aliphatic carbocycles. The maximum Gasteiger partial charge on any atom is 0.254 e. The lowest BCUT2D eigenvalue weighted by atomic mass is 10.4. The Balaban J connectivity index is 0.000001000. The Morgan fingerprint density at radius 2 is 2.18 bits per heavy atom. The first kappa shape index (κ1) is 9.97. The average Bonchev–Trinajstić information content (AvgIpc) is 1.82. The van der Waals surface area contributed by atoms with E-state index >= 15 is 0 Å². The van der Waals surface area contributed by atoms with E-state index in [1.54, 1.807) is 14.0 Å². The largest absolute Gasteiger partial charge is 0.369 e. The van der Waals surface area contributed by atoms with Gasteiger partial charge in [0.05, 0.1) is 0 Å². The maximum atomic E-state index is 10.9. The minimum absolute atomic E-state index is 0. The first-order valence-corrected chi connectivity index (χ1v) is 2.91. The molecule has 2 N–H and O–H groups in total. The summed E-state index contributed by atoms with van der Waals surface area (Å²) < 4.78 is 1.30. The second kappa shape index (κ2) is 3.39. The molecule has 62 valence electrons. The summed E-state index contributed by atoms with van der Waals surface area (Å²) in [5.74, 6) is 0.255. The molecule has 0 saturated carbocycles. The number of hydrogen-bond donors (Lipinski definition) is 1. The fraction of sp³-hybridized carbons (Fsp3) is 0.333. The third-order valence-electron chi connectivity index (χ3n) is 1.30. The summed E-state index contributed by atoms with van der Waals surface area (Å²) in [6.07, 6.45) is 0. The van der Waals surface area contributed by atoms with Crippen LogP contribution in [0.25, 0.3) is 0 Å². The second-order valence-corrected chi connectivity index (χ2v) is 2.15. The zero-order chi connectivity index (χ0) is 7.72. The number of nitrogens with zero attached hydrogens (tertiary/aromatic N) is 2. The molecule has 0 radical (unpaired) electrons. The van der Waals surface area contributed by atoms with Gasteiger partial charge in [0, 0.05) is 18.8 Å². The molecule has 0 aliphatic heterocycles. The maximum absolute atomic E-state index is 10.9. The van der Waals surface area contributed by atoms with Gasteiger partial charge in [0.25, 0.3) is 5.56 Å². The van der Waals surface area contributed by atoms with Crippen LogP contribution in [0.5, 0.6) is 0 Å². The first-order valence-electron chi connectivity index (χ1n) is 2.91. The van der Waals surface area contributed by atoms with Crippen molar-refractivity contribution in [2.24, 2.45) is 7.05 Å². The third-order valence-corrected chi connectivity index (χ3v) is 1.30. The van der Waals surface area contributed by atoms with Gasteiger partial charge in [-0.1, -0.05) is 0 Å². The number of halogens is 1. The van der Waals surface area contributed by atoms with Crippen LogP contribution in [-0.4, -0.2) is 9.55 Å². The van der Waals surface area contributed by atoms with Crippen LogP contribution in [0.15, 0.2) is 10.9 Å². The molecule has 0 spiro atoms. The average molecular weight is 176 g/mol. The standard InChI is InChI=1S/C6H9N3O.ClH/c1-4-3-5(10)9(2)6(7)8-4;/h3H,1-2H3,(H2,7,8);1H. The lowest BCUT2D eigenvalue weighted by molar-refractivity contribution is 0.833. The molecule has 4 nitrogen and oxygen atoms in total. The van der Waals surface area contributed by atoms with Gasteiger partial charge in [0.1, 0.15) is 0 Å². The molecule has 1 rings (SSSR count). The molecule has 0 atom stereocenters. The number of nitrogen functional groups attached to an aromatic ring is 1. The normalized spacial score (nSPS) is 8.91. The summed E-state index contributed by atoms with van der Waals surface area (Å²) in [5, 5.41) is 0. The molecule has 0 amide bonds. The molecule has 0 fully saturated rings. The Morgan fingerprint density at radius 1 is 1.64 bits per heavy atom. The zero-order valence-electron chi connectivity index (χ0n) is 6.37. The van der Waals surface area contributed by atoms with E-state index in [1.165, 1.54) is 10.6 Å². The quantitative estimate of drug-likeness (QED) is 0.608. The predicted octanol–water partition coefficient (Wildman–Crippen LogP) is 0.0927. The van der Waals surface area contributed by atoms with Crippen molar-refractivity contribution in [3.8, 4) is 0 Å². The predicted molar refractivity (Wildman–Crippen MR) is 45.9 cm³/mol. The molecule has 0 unspecified atom stereocenters. The van der Waals surface area contributed by atoms with Gasteiger partial charge >= 0.3 is 0 Å². The number of hydrogen-bond acceptors (Lipinski definition) is 3. The van der Waals surface area contributed by atoms with Gasteiger partial charge in [-0.2, -0.15) is 0 Å². The van der Waals surface area contributed by atoms with Crippen molar-refractivity contribution >= 4 is 18.4 Å². The van der Waals surface area contributed by atoms with E-state index in [1.807, 2.05) is 0 Å². The highest BCUT2D eigenvalue weighted by Gasteiger charge is 1.96. The second-order valence-electron chi connectivity index (χ2n) is 2.15. The van der Waals surface area contributed by atoms with E-state index in [0.717, 1.165) is 0 Å². The lowest BCUT2D eigenvalue weighted by Gasteiger charge is -2.00. The van der Waals surface area contributed by atoms with Crippen LogP contribution in [0.2, 0.25) is 0 Å². The Labute approximate surface area is 70.5 Å². The van der Waals surface area contributed by atoms with Gasteiger partial charge in [-0.15, -0.1) is 12.4 Å². The molecule has 0 saturated heterocycles. The number of rotatable bonds is 0. The van der Waals surface area contributed by atoms with E-state index in [4.69, 9.17) is 5.73 Å². The number of aryl methyl sites for hydroxylation is 1. The van der Waals surface area contributed by atoms with Crippen molar-refractivity contribution in [2.75, 3.05) is 5.73 Å². The molecule has 5 heteroatoms. The lowest BCUT2D eigenvalue weighted by Crippen LogP contribution is -2.20. The van der Waals surface area contributed by atoms with Crippen LogP contribution in [-0.2, 0) is 7.05 Å². The Bertz CT molecular complexity index is 307. The SMILES string of the molecule is Cc1cc(=O)n(C)c(N)n1.Cl. The van der Waals surface area contributed by atoms with Crippen molar-refractivity contribution in [1.82, 2.24) is 9.55 Å². The summed E-state index contributed by atoms with van der Waals surface area (Å²) in [4.78, 5) is 14.8. The summed E-state index contributed by atoms with van der Waals surface area (Å²) >= 11 is 0. The van der Waals surface area contributed by atoms with Crippen molar-refractivity contribution in [2.45, 2.75) is 6.92 Å². The molecule has 0 aromatic carbocycles. The van der Waals surface area contributed by atoms with Gasteiger partial charge in [-0.05, 0) is 6.92 Å². The summed E-state index contributed by atoms with van der Waals surface area (Å²) in [6, 6.07) is 1.44. The molecular formula is C6H10ClN3O. The molecule has 0 bridgehead atoms. The van der Waals surface area contributed by atoms with Crippen molar-refractivity contribution in [1.29, 1.82) is 0 Å². The van der Waals surface area contributed by atoms with Crippen molar-refractivity contribution in [3.05, 3.63) is 22.1 Å². The summed E-state index contributed by atoms with van der Waals surface area (Å²) in [5.41, 5.74) is 5.91. The van der Waals surface area contributed by atoms with Crippen LogP contribution >= 0.6 is 12.4 Å². The van der Waals surface area contributed by atoms with Crippen molar-refractivity contribution in [3.63, 3.8) is 0 Å². The van der Waals surface area contributed by atoms with E-state index < -0.39 is 0 Å². The van der Waals surface area contributed by atoms with Gasteiger partial charge in [0.15, 0.2) is 0 Å². The molecule has 1 aromatic heterocycles. The molecule has 1 aromatic rings. The minimum Gasteiger partial charge on any atom is -0.369 e. The highest BCUT2D eigenvalue weighted by Crippen LogP contribution is 1.91. The van der Waals surface area contributed by atoms with Crippen LogP contribution < -0.4 is 11.3 Å². The number of anilines is 1. The highest BCUT2D eigenvalue weighted by atomic mass is 35.5. The molecule has 1 heterocycles. The van der Waals surface area contributed by atoms with E-state index in [9.17, 15) is 4.79 Å². The van der Waals surface area contributed by atoms with Gasteiger partial charge in [-0.3, -0.25) is 9.36 Å². The smallest absolute Gasteiger partial charge is 0.254 e. The molecule has 11 heavy (non-hydrogen) atoms. The van der Waals surface area contributed by atoms with E-state index in [2.05, 4.69) is 4.98 Å². The first-order chi connectivity index (χ1) is 4.61. The van der Waals surface area contributed by atoms with Crippen LogP contribution in [0.3, 0.4) is 0 Å². The monoisotopic (exact) mass is 175 g/mol. The number of aromatic nitrogens is 2. The fourth-order valence-electron chi connectivity index (χ4n) is 0.676. The fourth-order valence-corrected chi connectivity index (χ4v) is 0.676. The van der Waals surface area contributed by atoms with Crippen molar-refractivity contribution < 1.29 is 0 Å². The Kier molecular flexibility index (Phi) is 3.07. The summed E-state index contributed by atoms with van der Waals surface area (Å²) in [6.45, 7) is 1.73. The Morgan fingerprint density at radius 3 is 2.64 bits per heavy atom. The van der Waals surface area contributed by atoms with E-state index in [0.29, 0.717) is 5.69 Å². The Hall–Kier alpha value is -1.03. The zero-order valence-corrected chi connectivity index (χ0v) is 7.18.